The van der Waals surface area contributed by atoms with E-state index in [1.54, 1.807) is 35.4 Å². The number of carbonyl (C=O) groups excluding carboxylic acids is 2. The average molecular weight is 367 g/mol. The molecule has 0 bridgehead atoms. The fraction of sp³-hybridized carbons (Fsp3) is 0.250. The maximum absolute atomic E-state index is 12.5. The van der Waals surface area contributed by atoms with Crippen LogP contribution in [0.25, 0.3) is 10.2 Å². The maximum atomic E-state index is 12.5. The molecule has 1 atom stereocenters. The maximum Gasteiger partial charge on any atom is 0.251 e. The van der Waals surface area contributed by atoms with Gasteiger partial charge in [-0.2, -0.15) is 0 Å². The van der Waals surface area contributed by atoms with E-state index in [-0.39, 0.29) is 24.4 Å². The number of fused-ring (bicyclic) bond motifs is 1. The van der Waals surface area contributed by atoms with Crippen LogP contribution in [0.3, 0.4) is 0 Å². The van der Waals surface area contributed by atoms with Crippen molar-refractivity contribution in [3.8, 4) is 0 Å². The number of para-hydroxylation sites is 1. The van der Waals surface area contributed by atoms with Gasteiger partial charge in [0.15, 0.2) is 0 Å². The summed E-state index contributed by atoms with van der Waals surface area (Å²) in [5, 5.41) is 3.57. The molecule has 1 N–H and O–H groups in total. The Morgan fingerprint density at radius 3 is 2.69 bits per heavy atom. The number of amides is 2. The molecule has 1 heterocycles. The van der Waals surface area contributed by atoms with Crippen LogP contribution in [0.5, 0.6) is 0 Å². The molecule has 1 unspecified atom stereocenters. The summed E-state index contributed by atoms with van der Waals surface area (Å²) in [6.45, 7) is 3.83. The van der Waals surface area contributed by atoms with Gasteiger partial charge in [0.1, 0.15) is 5.01 Å². The smallest absolute Gasteiger partial charge is 0.251 e. The minimum Gasteiger partial charge on any atom is -0.343 e. The van der Waals surface area contributed by atoms with Crippen molar-refractivity contribution >= 4 is 33.4 Å². The molecule has 0 spiro atoms. The highest BCUT2D eigenvalue weighted by Gasteiger charge is 2.21. The van der Waals surface area contributed by atoms with E-state index in [1.165, 1.54) is 0 Å². The van der Waals surface area contributed by atoms with E-state index < -0.39 is 0 Å². The first-order valence-electron chi connectivity index (χ1n) is 8.41. The van der Waals surface area contributed by atoms with Gasteiger partial charge in [0.2, 0.25) is 5.91 Å². The molecule has 2 aromatic carbocycles. The van der Waals surface area contributed by atoms with Gasteiger partial charge in [-0.05, 0) is 38.1 Å². The Kier molecular flexibility index (Phi) is 5.32. The van der Waals surface area contributed by atoms with Crippen LogP contribution in [-0.2, 0) is 4.79 Å². The van der Waals surface area contributed by atoms with Crippen LogP contribution in [0.2, 0.25) is 0 Å². The van der Waals surface area contributed by atoms with Crippen molar-refractivity contribution in [3.05, 3.63) is 64.7 Å². The average Bonchev–Trinajstić information content (AvgIpc) is 3.08. The van der Waals surface area contributed by atoms with E-state index >= 15 is 0 Å². The van der Waals surface area contributed by atoms with E-state index in [0.717, 1.165) is 20.8 Å². The summed E-state index contributed by atoms with van der Waals surface area (Å²) in [7, 11) is 1.73. The Bertz CT molecular complexity index is 918. The van der Waals surface area contributed by atoms with Crippen molar-refractivity contribution in [2.45, 2.75) is 19.9 Å². The van der Waals surface area contributed by atoms with Gasteiger partial charge in [0.25, 0.3) is 5.91 Å². The number of hydrogen-bond donors (Lipinski definition) is 1. The van der Waals surface area contributed by atoms with Gasteiger partial charge in [-0.15, -0.1) is 11.3 Å². The van der Waals surface area contributed by atoms with Crippen molar-refractivity contribution in [1.29, 1.82) is 0 Å². The molecular formula is C20H21N3O2S. The number of thiazole rings is 1. The summed E-state index contributed by atoms with van der Waals surface area (Å²) in [6.07, 6.45) is 0. The predicted octanol–water partition coefficient (Wildman–Crippen LogP) is 3.55. The standard InChI is InChI=1S/C20H21N3O2S/c1-13-7-6-8-15(11-13)19(25)21-12-18(24)23(3)14(2)20-22-16-9-4-5-10-17(16)26-20/h4-11,14H,12H2,1-3H3,(H,21,25). The lowest BCUT2D eigenvalue weighted by molar-refractivity contribution is -0.130. The van der Waals surface area contributed by atoms with Crippen LogP contribution >= 0.6 is 11.3 Å². The molecule has 3 rings (SSSR count). The Morgan fingerprint density at radius 1 is 1.19 bits per heavy atom. The number of benzene rings is 2. The quantitative estimate of drug-likeness (QED) is 0.750. The number of rotatable bonds is 5. The van der Waals surface area contributed by atoms with Gasteiger partial charge in [-0.3, -0.25) is 9.59 Å². The first-order chi connectivity index (χ1) is 12.5. The van der Waals surface area contributed by atoms with Crippen LogP contribution in [0.4, 0.5) is 0 Å². The third kappa shape index (κ3) is 3.91. The number of hydrogen-bond acceptors (Lipinski definition) is 4. The van der Waals surface area contributed by atoms with E-state index in [9.17, 15) is 9.59 Å². The Morgan fingerprint density at radius 2 is 1.96 bits per heavy atom. The van der Waals surface area contributed by atoms with Gasteiger partial charge in [0.05, 0.1) is 22.8 Å². The van der Waals surface area contributed by atoms with Crippen molar-refractivity contribution in [2.24, 2.45) is 0 Å². The van der Waals surface area contributed by atoms with Crippen molar-refractivity contribution in [2.75, 3.05) is 13.6 Å². The summed E-state index contributed by atoms with van der Waals surface area (Å²) < 4.78 is 1.10. The summed E-state index contributed by atoms with van der Waals surface area (Å²) in [5.41, 5.74) is 2.50. The van der Waals surface area contributed by atoms with Crippen LogP contribution in [-0.4, -0.2) is 35.3 Å². The number of aryl methyl sites for hydroxylation is 1. The molecule has 26 heavy (non-hydrogen) atoms. The van der Waals surface area contributed by atoms with Gasteiger partial charge in [-0.25, -0.2) is 4.98 Å². The second-order valence-electron chi connectivity index (χ2n) is 6.25. The fourth-order valence-corrected chi connectivity index (χ4v) is 3.68. The highest BCUT2D eigenvalue weighted by molar-refractivity contribution is 7.18. The first kappa shape index (κ1) is 18.1. The predicted molar refractivity (Wildman–Crippen MR) is 104 cm³/mol. The van der Waals surface area contributed by atoms with E-state index in [0.29, 0.717) is 5.56 Å². The molecule has 0 aliphatic rings. The van der Waals surface area contributed by atoms with E-state index in [4.69, 9.17) is 0 Å². The second kappa shape index (κ2) is 7.66. The van der Waals surface area contributed by atoms with Crippen LogP contribution < -0.4 is 5.32 Å². The molecule has 0 aliphatic heterocycles. The van der Waals surface area contributed by atoms with Crippen molar-refractivity contribution in [1.82, 2.24) is 15.2 Å². The molecule has 0 aliphatic carbocycles. The zero-order chi connectivity index (χ0) is 18.7. The van der Waals surface area contributed by atoms with E-state index in [2.05, 4.69) is 10.3 Å². The Labute approximate surface area is 156 Å². The molecular weight excluding hydrogens is 346 g/mol. The number of carbonyl (C=O) groups is 2. The second-order valence-corrected chi connectivity index (χ2v) is 7.31. The van der Waals surface area contributed by atoms with E-state index in [1.807, 2.05) is 50.2 Å². The molecule has 0 saturated carbocycles. The van der Waals surface area contributed by atoms with Crippen LogP contribution in [0.1, 0.15) is 33.9 Å². The molecule has 0 fully saturated rings. The molecule has 3 aromatic rings. The lowest BCUT2D eigenvalue weighted by atomic mass is 10.1. The summed E-state index contributed by atoms with van der Waals surface area (Å²) in [5.74, 6) is -0.402. The largest absolute Gasteiger partial charge is 0.343 e. The zero-order valence-corrected chi connectivity index (χ0v) is 15.8. The zero-order valence-electron chi connectivity index (χ0n) is 15.0. The Hall–Kier alpha value is -2.73. The summed E-state index contributed by atoms with van der Waals surface area (Å²) in [6, 6.07) is 15.0. The number of nitrogens with one attached hydrogen (secondary N) is 1. The van der Waals surface area contributed by atoms with Gasteiger partial charge in [-0.1, -0.05) is 29.8 Å². The summed E-state index contributed by atoms with van der Waals surface area (Å²) in [4.78, 5) is 30.9. The first-order valence-corrected chi connectivity index (χ1v) is 9.23. The van der Waals surface area contributed by atoms with Gasteiger partial charge < -0.3 is 10.2 Å². The van der Waals surface area contributed by atoms with Gasteiger partial charge in [0, 0.05) is 12.6 Å². The number of likely N-dealkylation sites (N-methyl/N-ethyl adjacent to an activating group) is 1. The van der Waals surface area contributed by atoms with Crippen LogP contribution in [0.15, 0.2) is 48.5 Å². The number of nitrogens with zero attached hydrogens (tertiary/aromatic N) is 2. The SMILES string of the molecule is Cc1cccc(C(=O)NCC(=O)N(C)C(C)c2nc3ccccc3s2)c1. The fourth-order valence-electron chi connectivity index (χ4n) is 2.62. The normalized spacial score (nSPS) is 12.0. The minimum absolute atomic E-state index is 0.0431. The van der Waals surface area contributed by atoms with Crippen molar-refractivity contribution < 1.29 is 9.59 Å². The third-order valence-corrected chi connectivity index (χ3v) is 5.53. The topological polar surface area (TPSA) is 62.3 Å². The highest BCUT2D eigenvalue weighted by atomic mass is 32.1. The lowest BCUT2D eigenvalue weighted by Crippen LogP contribution is -2.39. The molecule has 2 amide bonds. The molecule has 6 heteroatoms. The number of aromatic nitrogens is 1. The highest BCUT2D eigenvalue weighted by Crippen LogP contribution is 2.28. The van der Waals surface area contributed by atoms with Gasteiger partial charge >= 0.3 is 0 Å². The molecule has 1 aromatic heterocycles. The molecule has 0 saturated heterocycles. The lowest BCUT2D eigenvalue weighted by Gasteiger charge is -2.23. The summed E-state index contributed by atoms with van der Waals surface area (Å²) >= 11 is 1.58. The minimum atomic E-state index is -0.247. The molecule has 134 valence electrons. The Balaban J connectivity index is 1.62. The molecule has 5 nitrogen and oxygen atoms in total. The monoisotopic (exact) mass is 367 g/mol. The van der Waals surface area contributed by atoms with Crippen LogP contribution in [0, 0.1) is 6.92 Å². The third-order valence-electron chi connectivity index (χ3n) is 4.32. The van der Waals surface area contributed by atoms with Crippen molar-refractivity contribution in [3.63, 3.8) is 0 Å². The molecule has 0 radical (unpaired) electrons.